The molecule has 0 radical (unpaired) electrons. The lowest BCUT2D eigenvalue weighted by molar-refractivity contribution is -0.132. The number of carbonyl (C=O) groups is 1. The van der Waals surface area contributed by atoms with Crippen molar-refractivity contribution in [3.8, 4) is 0 Å². The number of H-pyrrole nitrogens is 1. The largest absolute Gasteiger partial charge is 0.342 e. The maximum absolute atomic E-state index is 12.7. The minimum atomic E-state index is 0.228. The molecule has 6 heteroatoms. The molecular formula is C20H24N4OS. The highest BCUT2D eigenvalue weighted by Gasteiger charge is 2.25. The van der Waals surface area contributed by atoms with E-state index in [1.807, 2.05) is 36.9 Å². The van der Waals surface area contributed by atoms with Gasteiger partial charge in [0.2, 0.25) is 5.91 Å². The normalized spacial score (nSPS) is 17.8. The molecule has 3 heterocycles. The SMILES string of the molecule is Cc1nc(C)c(CC(=O)N2CCCC(Cc3nc4ccccc4[nH]3)C2)s1. The standard InChI is InChI=1S/C20H24N4OS/c1-13-18(26-14(2)21-13)11-20(25)24-9-5-6-15(12-24)10-19-22-16-7-3-4-8-17(16)23-19/h3-4,7-8,15H,5-6,9-12H2,1-2H3,(H,22,23). The summed E-state index contributed by atoms with van der Waals surface area (Å²) < 4.78 is 0. The first-order valence-electron chi connectivity index (χ1n) is 9.23. The Kier molecular flexibility index (Phi) is 4.76. The molecule has 1 aliphatic rings. The van der Waals surface area contributed by atoms with Gasteiger partial charge in [0, 0.05) is 24.4 Å². The lowest BCUT2D eigenvalue weighted by Gasteiger charge is -2.32. The molecule has 2 aromatic heterocycles. The van der Waals surface area contributed by atoms with Crippen LogP contribution in [0.25, 0.3) is 11.0 Å². The maximum Gasteiger partial charge on any atom is 0.227 e. The lowest BCUT2D eigenvalue weighted by Crippen LogP contribution is -2.41. The molecule has 0 aliphatic carbocycles. The zero-order chi connectivity index (χ0) is 18.1. The van der Waals surface area contributed by atoms with E-state index < -0.39 is 0 Å². The van der Waals surface area contributed by atoms with Crippen LogP contribution in [0.3, 0.4) is 0 Å². The summed E-state index contributed by atoms with van der Waals surface area (Å²) in [7, 11) is 0. The highest BCUT2D eigenvalue weighted by molar-refractivity contribution is 7.11. The van der Waals surface area contributed by atoms with E-state index in [1.165, 1.54) is 0 Å². The number of nitrogens with zero attached hydrogens (tertiary/aromatic N) is 3. The Bertz CT molecular complexity index is 896. The number of carbonyl (C=O) groups excluding carboxylic acids is 1. The number of thiazole rings is 1. The van der Waals surface area contributed by atoms with Crippen molar-refractivity contribution in [2.75, 3.05) is 13.1 Å². The van der Waals surface area contributed by atoms with Gasteiger partial charge in [0.05, 0.1) is 28.2 Å². The minimum Gasteiger partial charge on any atom is -0.342 e. The van der Waals surface area contributed by atoms with E-state index in [9.17, 15) is 4.79 Å². The molecule has 1 fully saturated rings. The number of likely N-dealkylation sites (tertiary alicyclic amines) is 1. The predicted molar refractivity (Wildman–Crippen MR) is 104 cm³/mol. The summed E-state index contributed by atoms with van der Waals surface area (Å²) in [6.45, 7) is 5.68. The molecule has 1 aromatic carbocycles. The summed E-state index contributed by atoms with van der Waals surface area (Å²) in [5.41, 5.74) is 3.10. The minimum absolute atomic E-state index is 0.228. The molecule has 1 saturated heterocycles. The van der Waals surface area contributed by atoms with Crippen LogP contribution >= 0.6 is 11.3 Å². The van der Waals surface area contributed by atoms with Gasteiger partial charge in [-0.15, -0.1) is 11.3 Å². The number of aromatic nitrogens is 3. The van der Waals surface area contributed by atoms with Gasteiger partial charge in [-0.3, -0.25) is 4.79 Å². The fourth-order valence-electron chi connectivity index (χ4n) is 3.82. The zero-order valence-corrected chi connectivity index (χ0v) is 16.1. The van der Waals surface area contributed by atoms with Crippen LogP contribution in [0.2, 0.25) is 0 Å². The van der Waals surface area contributed by atoms with E-state index in [4.69, 9.17) is 4.98 Å². The third-order valence-electron chi connectivity index (χ3n) is 5.10. The number of nitrogens with one attached hydrogen (secondary N) is 1. The van der Waals surface area contributed by atoms with E-state index in [0.717, 1.165) is 64.8 Å². The predicted octanol–water partition coefficient (Wildman–Crippen LogP) is 3.66. The van der Waals surface area contributed by atoms with Gasteiger partial charge in [-0.25, -0.2) is 9.97 Å². The van der Waals surface area contributed by atoms with Crippen molar-refractivity contribution in [2.45, 2.75) is 39.5 Å². The summed E-state index contributed by atoms with van der Waals surface area (Å²) >= 11 is 1.64. The van der Waals surface area contributed by atoms with E-state index in [0.29, 0.717) is 12.3 Å². The zero-order valence-electron chi connectivity index (χ0n) is 15.3. The van der Waals surface area contributed by atoms with E-state index in [1.54, 1.807) is 11.3 Å². The van der Waals surface area contributed by atoms with Crippen molar-refractivity contribution < 1.29 is 4.79 Å². The van der Waals surface area contributed by atoms with E-state index in [2.05, 4.69) is 16.0 Å². The number of piperidine rings is 1. The fraction of sp³-hybridized carbons (Fsp3) is 0.450. The number of hydrogen-bond donors (Lipinski definition) is 1. The first kappa shape index (κ1) is 17.2. The number of rotatable bonds is 4. The Hall–Kier alpha value is -2.21. The highest BCUT2D eigenvalue weighted by Crippen LogP contribution is 2.23. The van der Waals surface area contributed by atoms with Crippen molar-refractivity contribution in [3.63, 3.8) is 0 Å². The fourth-order valence-corrected chi connectivity index (χ4v) is 4.75. The number of amides is 1. The summed E-state index contributed by atoms with van der Waals surface area (Å²) in [5.74, 6) is 1.73. The van der Waals surface area contributed by atoms with E-state index in [-0.39, 0.29) is 5.91 Å². The van der Waals surface area contributed by atoms with Crippen LogP contribution in [-0.2, 0) is 17.6 Å². The molecule has 1 amide bonds. The number of hydrogen-bond acceptors (Lipinski definition) is 4. The molecule has 1 unspecified atom stereocenters. The molecule has 1 atom stereocenters. The third kappa shape index (κ3) is 3.65. The molecule has 136 valence electrons. The summed E-state index contributed by atoms with van der Waals surface area (Å²) in [6.07, 6.45) is 3.60. The van der Waals surface area contributed by atoms with Crippen LogP contribution < -0.4 is 0 Å². The van der Waals surface area contributed by atoms with Crippen LogP contribution in [-0.4, -0.2) is 38.8 Å². The molecular weight excluding hydrogens is 344 g/mol. The average molecular weight is 369 g/mol. The van der Waals surface area contributed by atoms with E-state index >= 15 is 0 Å². The molecule has 5 nitrogen and oxygen atoms in total. The summed E-state index contributed by atoms with van der Waals surface area (Å²) in [6, 6.07) is 8.12. The number of imidazole rings is 1. The highest BCUT2D eigenvalue weighted by atomic mass is 32.1. The molecule has 0 spiro atoms. The van der Waals surface area contributed by atoms with Crippen LogP contribution in [0.1, 0.15) is 34.2 Å². The Morgan fingerprint density at radius 2 is 2.15 bits per heavy atom. The Labute approximate surface area is 157 Å². The van der Waals surface area contributed by atoms with Gasteiger partial charge in [0.15, 0.2) is 0 Å². The van der Waals surface area contributed by atoms with Gasteiger partial charge in [-0.05, 0) is 44.7 Å². The van der Waals surface area contributed by atoms with Crippen molar-refractivity contribution >= 4 is 28.3 Å². The third-order valence-corrected chi connectivity index (χ3v) is 6.18. The molecule has 0 bridgehead atoms. The number of para-hydroxylation sites is 2. The Morgan fingerprint density at radius 3 is 2.92 bits per heavy atom. The van der Waals surface area contributed by atoms with Crippen molar-refractivity contribution in [3.05, 3.63) is 45.7 Å². The number of aryl methyl sites for hydroxylation is 2. The average Bonchev–Trinajstić information content (AvgIpc) is 3.17. The summed E-state index contributed by atoms with van der Waals surface area (Å²) in [4.78, 5) is 28.4. The second-order valence-corrected chi connectivity index (χ2v) is 8.46. The van der Waals surface area contributed by atoms with Crippen molar-refractivity contribution in [2.24, 2.45) is 5.92 Å². The van der Waals surface area contributed by atoms with Crippen LogP contribution in [0.15, 0.2) is 24.3 Å². The maximum atomic E-state index is 12.7. The van der Waals surface area contributed by atoms with Crippen LogP contribution in [0.5, 0.6) is 0 Å². The molecule has 1 N–H and O–H groups in total. The molecule has 4 rings (SSSR count). The van der Waals surface area contributed by atoms with Gasteiger partial charge in [-0.1, -0.05) is 12.1 Å². The monoisotopic (exact) mass is 368 g/mol. The smallest absolute Gasteiger partial charge is 0.227 e. The molecule has 1 aliphatic heterocycles. The first-order valence-corrected chi connectivity index (χ1v) is 10.0. The van der Waals surface area contributed by atoms with Crippen LogP contribution in [0, 0.1) is 19.8 Å². The summed E-state index contributed by atoms with van der Waals surface area (Å²) in [5, 5.41) is 1.03. The first-order chi connectivity index (χ1) is 12.6. The van der Waals surface area contributed by atoms with Gasteiger partial charge in [0.1, 0.15) is 5.82 Å². The molecule has 0 saturated carbocycles. The Balaban J connectivity index is 1.40. The van der Waals surface area contributed by atoms with Gasteiger partial charge >= 0.3 is 0 Å². The topological polar surface area (TPSA) is 61.9 Å². The van der Waals surface area contributed by atoms with Crippen molar-refractivity contribution in [1.29, 1.82) is 0 Å². The van der Waals surface area contributed by atoms with Gasteiger partial charge in [-0.2, -0.15) is 0 Å². The quantitative estimate of drug-likeness (QED) is 0.764. The number of fused-ring (bicyclic) bond motifs is 1. The molecule has 3 aromatic rings. The van der Waals surface area contributed by atoms with Crippen molar-refractivity contribution in [1.82, 2.24) is 19.9 Å². The second kappa shape index (κ2) is 7.19. The van der Waals surface area contributed by atoms with Gasteiger partial charge < -0.3 is 9.88 Å². The molecule has 26 heavy (non-hydrogen) atoms. The Morgan fingerprint density at radius 1 is 1.31 bits per heavy atom. The number of benzene rings is 1. The second-order valence-electron chi connectivity index (χ2n) is 7.17. The number of aromatic amines is 1. The lowest BCUT2D eigenvalue weighted by atomic mass is 9.94. The van der Waals surface area contributed by atoms with Gasteiger partial charge in [0.25, 0.3) is 0 Å². The van der Waals surface area contributed by atoms with Crippen LogP contribution in [0.4, 0.5) is 0 Å².